The van der Waals surface area contributed by atoms with Crippen LogP contribution in [0, 0.1) is 11.3 Å². The van der Waals surface area contributed by atoms with Crippen LogP contribution in [0.1, 0.15) is 0 Å². The van der Waals surface area contributed by atoms with Crippen LogP contribution in [0.3, 0.4) is 0 Å². The van der Waals surface area contributed by atoms with Crippen molar-refractivity contribution in [3.05, 3.63) is 66.4 Å². The summed E-state index contributed by atoms with van der Waals surface area (Å²) in [6, 6.07) is 18.2. The van der Waals surface area contributed by atoms with E-state index in [-0.39, 0.29) is 5.57 Å². The number of rotatable bonds is 8. The third kappa shape index (κ3) is 6.01. The molecule has 0 heterocycles. The first-order valence-electron chi connectivity index (χ1n) is 7.70. The van der Waals surface area contributed by atoms with Gasteiger partial charge in [-0.25, -0.2) is 0 Å². The number of hydrogen-bond acceptors (Lipinski definition) is 5. The Hall–Kier alpha value is -3.30. The molecule has 0 unspecified atom stereocenters. The van der Waals surface area contributed by atoms with Gasteiger partial charge in [-0.15, -0.1) is 0 Å². The lowest BCUT2D eigenvalue weighted by Gasteiger charge is -2.08. The lowest BCUT2D eigenvalue weighted by atomic mass is 10.2. The molecule has 0 saturated carbocycles. The lowest BCUT2D eigenvalue weighted by molar-refractivity contribution is -0.112. The van der Waals surface area contributed by atoms with E-state index in [2.05, 4.69) is 10.6 Å². The lowest BCUT2D eigenvalue weighted by Crippen LogP contribution is -2.18. The summed E-state index contributed by atoms with van der Waals surface area (Å²) in [6.07, 6.45) is 1.38. The predicted octanol–water partition coefficient (Wildman–Crippen LogP) is 3.06. The molecule has 6 heteroatoms. The maximum atomic E-state index is 12.1. The second kappa shape index (κ2) is 9.75. The summed E-state index contributed by atoms with van der Waals surface area (Å²) in [4.78, 5) is 12.1. The van der Waals surface area contributed by atoms with Crippen molar-refractivity contribution >= 4 is 11.6 Å². The number of carbonyl (C=O) groups excluding carboxylic acids is 1. The van der Waals surface area contributed by atoms with E-state index in [1.807, 2.05) is 36.4 Å². The molecule has 2 N–H and O–H groups in total. The molecule has 0 aromatic heterocycles. The Morgan fingerprint density at radius 1 is 1.12 bits per heavy atom. The number of hydrogen-bond donors (Lipinski definition) is 2. The van der Waals surface area contributed by atoms with Crippen molar-refractivity contribution in [3.63, 3.8) is 0 Å². The Balaban J connectivity index is 1.93. The van der Waals surface area contributed by atoms with Crippen LogP contribution < -0.4 is 15.4 Å². The number of anilines is 1. The number of methoxy groups -OCH3 is 1. The number of benzene rings is 2. The molecular formula is C19H19N3O3. The van der Waals surface area contributed by atoms with Gasteiger partial charge in [0.2, 0.25) is 0 Å². The van der Waals surface area contributed by atoms with Gasteiger partial charge in [-0.05, 0) is 36.4 Å². The number of nitrogens with one attached hydrogen (secondary N) is 2. The average Bonchev–Trinajstić information content (AvgIpc) is 2.64. The fourth-order valence-corrected chi connectivity index (χ4v) is 1.91. The molecule has 2 aromatic rings. The van der Waals surface area contributed by atoms with Crippen LogP contribution >= 0.6 is 0 Å². The number of nitrogens with zero attached hydrogens (tertiary/aromatic N) is 1. The minimum absolute atomic E-state index is 0.0132. The van der Waals surface area contributed by atoms with Crippen LogP contribution in [0.5, 0.6) is 11.5 Å². The third-order valence-electron chi connectivity index (χ3n) is 3.15. The van der Waals surface area contributed by atoms with E-state index >= 15 is 0 Å². The molecule has 0 aliphatic carbocycles. The van der Waals surface area contributed by atoms with Crippen molar-refractivity contribution in [2.75, 3.05) is 25.6 Å². The van der Waals surface area contributed by atoms with Gasteiger partial charge in [0.05, 0.1) is 6.61 Å². The van der Waals surface area contributed by atoms with E-state index in [0.717, 1.165) is 5.75 Å². The summed E-state index contributed by atoms with van der Waals surface area (Å²) in [5, 5.41) is 14.6. The summed E-state index contributed by atoms with van der Waals surface area (Å²) in [5.41, 5.74) is 0.559. The first-order valence-corrected chi connectivity index (χ1v) is 7.70. The minimum Gasteiger partial charge on any atom is -0.457 e. The summed E-state index contributed by atoms with van der Waals surface area (Å²) in [5.74, 6) is 0.904. The predicted molar refractivity (Wildman–Crippen MR) is 95.2 cm³/mol. The smallest absolute Gasteiger partial charge is 0.267 e. The monoisotopic (exact) mass is 337 g/mol. The molecule has 6 nitrogen and oxygen atoms in total. The molecule has 0 aliphatic rings. The number of ether oxygens (including phenoxy) is 2. The fraction of sp³-hybridized carbons (Fsp3) is 0.158. The Kier molecular flexibility index (Phi) is 7.04. The van der Waals surface area contributed by atoms with Gasteiger partial charge in [0.25, 0.3) is 5.91 Å². The zero-order valence-corrected chi connectivity index (χ0v) is 13.9. The first-order chi connectivity index (χ1) is 12.2. The first kappa shape index (κ1) is 18.0. The number of para-hydroxylation sites is 1. The molecule has 128 valence electrons. The van der Waals surface area contributed by atoms with Gasteiger partial charge in [-0.1, -0.05) is 18.2 Å². The quantitative estimate of drug-likeness (QED) is 0.439. The molecular weight excluding hydrogens is 318 g/mol. The number of carbonyl (C=O) groups is 1. The van der Waals surface area contributed by atoms with Crippen molar-refractivity contribution < 1.29 is 14.3 Å². The van der Waals surface area contributed by atoms with Crippen LogP contribution in [0.15, 0.2) is 66.4 Å². The molecule has 0 saturated heterocycles. The van der Waals surface area contributed by atoms with Crippen molar-refractivity contribution in [2.45, 2.75) is 0 Å². The van der Waals surface area contributed by atoms with E-state index in [4.69, 9.17) is 14.7 Å². The zero-order valence-electron chi connectivity index (χ0n) is 13.9. The normalized spacial score (nSPS) is 10.6. The van der Waals surface area contributed by atoms with Gasteiger partial charge >= 0.3 is 0 Å². The molecule has 0 fully saturated rings. The highest BCUT2D eigenvalue weighted by molar-refractivity contribution is 6.06. The van der Waals surface area contributed by atoms with Crippen molar-refractivity contribution in [1.82, 2.24) is 5.32 Å². The molecule has 1 amide bonds. The number of nitriles is 1. The molecule has 0 aliphatic heterocycles. The highest BCUT2D eigenvalue weighted by atomic mass is 16.5. The molecule has 2 rings (SSSR count). The van der Waals surface area contributed by atoms with Crippen LogP contribution in [0.4, 0.5) is 5.69 Å². The Morgan fingerprint density at radius 2 is 1.80 bits per heavy atom. The Bertz CT molecular complexity index is 750. The van der Waals surface area contributed by atoms with E-state index < -0.39 is 5.91 Å². The largest absolute Gasteiger partial charge is 0.457 e. The third-order valence-corrected chi connectivity index (χ3v) is 3.15. The van der Waals surface area contributed by atoms with E-state index in [1.165, 1.54) is 6.20 Å². The minimum atomic E-state index is -0.482. The molecule has 0 spiro atoms. The second-order valence-electron chi connectivity index (χ2n) is 5.01. The SMILES string of the molecule is COCCN/C=C(/C#N)C(=O)Nc1ccc(Oc2ccccc2)cc1. The Labute approximate surface area is 146 Å². The van der Waals surface area contributed by atoms with Gasteiger partial charge in [-0.3, -0.25) is 4.79 Å². The average molecular weight is 337 g/mol. The van der Waals surface area contributed by atoms with Crippen LogP contribution in [0.25, 0.3) is 0 Å². The summed E-state index contributed by atoms with van der Waals surface area (Å²) in [7, 11) is 1.58. The fourth-order valence-electron chi connectivity index (χ4n) is 1.91. The highest BCUT2D eigenvalue weighted by Crippen LogP contribution is 2.22. The van der Waals surface area contributed by atoms with E-state index in [1.54, 1.807) is 31.4 Å². The van der Waals surface area contributed by atoms with Crippen molar-refractivity contribution in [1.29, 1.82) is 5.26 Å². The van der Waals surface area contributed by atoms with E-state index in [9.17, 15) is 4.79 Å². The Morgan fingerprint density at radius 3 is 2.44 bits per heavy atom. The molecule has 0 radical (unpaired) electrons. The summed E-state index contributed by atoms with van der Waals surface area (Å²) < 4.78 is 10.6. The maximum absolute atomic E-state index is 12.1. The molecule has 0 bridgehead atoms. The topological polar surface area (TPSA) is 83.4 Å². The van der Waals surface area contributed by atoms with Crippen molar-refractivity contribution in [2.24, 2.45) is 0 Å². The van der Waals surface area contributed by atoms with Crippen LogP contribution in [-0.4, -0.2) is 26.2 Å². The standard InChI is InChI=1S/C19H19N3O3/c1-24-12-11-21-14-15(13-20)19(23)22-16-7-9-18(10-8-16)25-17-5-3-2-4-6-17/h2-10,14,21H,11-12H2,1H3,(H,22,23)/b15-14-. The second-order valence-corrected chi connectivity index (χ2v) is 5.01. The summed E-state index contributed by atoms with van der Waals surface area (Å²) in [6.45, 7) is 1.00. The van der Waals surface area contributed by atoms with Gasteiger partial charge in [0.15, 0.2) is 0 Å². The van der Waals surface area contributed by atoms with Gasteiger partial charge in [0, 0.05) is 25.5 Å². The van der Waals surface area contributed by atoms with E-state index in [0.29, 0.717) is 24.6 Å². The zero-order chi connectivity index (χ0) is 17.9. The molecule has 2 aromatic carbocycles. The van der Waals surface area contributed by atoms with Gasteiger partial charge in [0.1, 0.15) is 23.1 Å². The molecule has 0 atom stereocenters. The highest BCUT2D eigenvalue weighted by Gasteiger charge is 2.09. The van der Waals surface area contributed by atoms with Crippen molar-refractivity contribution in [3.8, 4) is 17.6 Å². The van der Waals surface area contributed by atoms with Gasteiger partial charge in [-0.2, -0.15) is 5.26 Å². The van der Waals surface area contributed by atoms with Crippen LogP contribution in [0.2, 0.25) is 0 Å². The molecule has 25 heavy (non-hydrogen) atoms. The maximum Gasteiger partial charge on any atom is 0.267 e. The van der Waals surface area contributed by atoms with Gasteiger partial charge < -0.3 is 20.1 Å². The number of amides is 1. The van der Waals surface area contributed by atoms with Crippen LogP contribution in [-0.2, 0) is 9.53 Å². The summed E-state index contributed by atoms with van der Waals surface area (Å²) >= 11 is 0.